The van der Waals surface area contributed by atoms with Crippen molar-refractivity contribution in [2.45, 2.75) is 52.9 Å². The highest BCUT2D eigenvalue weighted by atomic mass is 16.2. The zero-order valence-corrected chi connectivity index (χ0v) is 16.5. The maximum absolute atomic E-state index is 12.7. The summed E-state index contributed by atoms with van der Waals surface area (Å²) in [7, 11) is 0. The van der Waals surface area contributed by atoms with E-state index in [1.807, 2.05) is 17.0 Å². The van der Waals surface area contributed by atoms with Crippen molar-refractivity contribution in [1.29, 1.82) is 0 Å². The fourth-order valence-electron chi connectivity index (χ4n) is 2.74. The highest BCUT2D eigenvalue weighted by Crippen LogP contribution is 2.24. The summed E-state index contributed by atoms with van der Waals surface area (Å²) in [5.74, 6) is 0.398. The lowest BCUT2D eigenvalue weighted by molar-refractivity contribution is 0.0749. The summed E-state index contributed by atoms with van der Waals surface area (Å²) in [6.45, 7) is 12.2. The van der Waals surface area contributed by atoms with Crippen molar-refractivity contribution in [3.63, 3.8) is 0 Å². The maximum Gasteiger partial charge on any atom is 0.272 e. The molecular weight excluding hydrogens is 324 g/mol. The Morgan fingerprint density at radius 3 is 2.19 bits per heavy atom. The SMILES string of the molecule is CCCN(CCC)C(=O)c1ccnc(Nc2ccc(C(C)(C)C)cc2)n1. The molecule has 2 rings (SSSR count). The molecule has 0 aliphatic heterocycles. The lowest BCUT2D eigenvalue weighted by Crippen LogP contribution is -2.33. The number of nitrogens with one attached hydrogen (secondary N) is 1. The Morgan fingerprint density at radius 2 is 1.65 bits per heavy atom. The van der Waals surface area contributed by atoms with Crippen LogP contribution in [0.5, 0.6) is 0 Å². The summed E-state index contributed by atoms with van der Waals surface area (Å²) in [6.07, 6.45) is 3.49. The van der Waals surface area contributed by atoms with Crippen molar-refractivity contribution in [3.05, 3.63) is 47.8 Å². The van der Waals surface area contributed by atoms with E-state index in [1.165, 1.54) is 5.56 Å². The van der Waals surface area contributed by atoms with E-state index < -0.39 is 0 Å². The normalized spacial score (nSPS) is 11.3. The lowest BCUT2D eigenvalue weighted by Gasteiger charge is -2.21. The molecule has 0 fully saturated rings. The standard InChI is InChI=1S/C21H30N4O/c1-6-14-25(15-7-2)19(26)18-12-13-22-20(24-18)23-17-10-8-16(9-11-17)21(3,4)5/h8-13H,6-7,14-15H2,1-5H3,(H,22,23,24). The zero-order valence-electron chi connectivity index (χ0n) is 16.5. The van der Waals surface area contributed by atoms with Gasteiger partial charge >= 0.3 is 0 Å². The maximum atomic E-state index is 12.7. The Balaban J connectivity index is 2.14. The van der Waals surface area contributed by atoms with Crippen molar-refractivity contribution in [3.8, 4) is 0 Å². The quantitative estimate of drug-likeness (QED) is 0.777. The summed E-state index contributed by atoms with van der Waals surface area (Å²) in [5.41, 5.74) is 2.71. The molecule has 0 atom stereocenters. The third-order valence-electron chi connectivity index (χ3n) is 4.16. The number of nitrogens with zero attached hydrogens (tertiary/aromatic N) is 3. The number of hydrogen-bond donors (Lipinski definition) is 1. The number of carbonyl (C=O) groups excluding carboxylic acids is 1. The Hall–Kier alpha value is -2.43. The molecule has 0 bridgehead atoms. The molecule has 0 saturated carbocycles. The zero-order chi connectivity index (χ0) is 19.2. The van der Waals surface area contributed by atoms with Crippen molar-refractivity contribution in [2.75, 3.05) is 18.4 Å². The van der Waals surface area contributed by atoms with Crippen molar-refractivity contribution >= 4 is 17.5 Å². The molecule has 1 aromatic carbocycles. The summed E-state index contributed by atoms with van der Waals surface area (Å²) in [4.78, 5) is 23.2. The Labute approximate surface area is 156 Å². The predicted octanol–water partition coefficient (Wildman–Crippen LogP) is 4.78. The summed E-state index contributed by atoms with van der Waals surface area (Å²) in [5, 5.41) is 3.19. The minimum atomic E-state index is -0.0396. The van der Waals surface area contributed by atoms with E-state index in [1.54, 1.807) is 12.3 Å². The molecule has 2 aromatic rings. The van der Waals surface area contributed by atoms with Crippen LogP contribution < -0.4 is 5.32 Å². The van der Waals surface area contributed by atoms with E-state index in [0.717, 1.165) is 31.6 Å². The predicted molar refractivity (Wildman–Crippen MR) is 107 cm³/mol. The molecule has 5 nitrogen and oxygen atoms in total. The second kappa shape index (κ2) is 8.79. The van der Waals surface area contributed by atoms with Crippen LogP contribution in [0, 0.1) is 0 Å². The van der Waals surface area contributed by atoms with Gasteiger partial charge in [-0.05, 0) is 42.0 Å². The van der Waals surface area contributed by atoms with Crippen LogP contribution in [0.1, 0.15) is 63.5 Å². The van der Waals surface area contributed by atoms with E-state index in [-0.39, 0.29) is 11.3 Å². The number of anilines is 2. The van der Waals surface area contributed by atoms with Gasteiger partial charge in [0.15, 0.2) is 0 Å². The average Bonchev–Trinajstić information content (AvgIpc) is 2.61. The molecule has 1 amide bonds. The van der Waals surface area contributed by atoms with E-state index in [0.29, 0.717) is 11.6 Å². The molecule has 1 heterocycles. The first-order chi connectivity index (χ1) is 12.3. The van der Waals surface area contributed by atoms with Crippen LogP contribution in [0.2, 0.25) is 0 Å². The Bertz CT molecular complexity index is 714. The second-order valence-corrected chi connectivity index (χ2v) is 7.51. The monoisotopic (exact) mass is 354 g/mol. The molecule has 0 aliphatic carbocycles. The smallest absolute Gasteiger partial charge is 0.272 e. The van der Waals surface area contributed by atoms with Gasteiger partial charge in [-0.15, -0.1) is 0 Å². The number of rotatable bonds is 7. The molecule has 1 N–H and O–H groups in total. The molecule has 26 heavy (non-hydrogen) atoms. The van der Waals surface area contributed by atoms with Crippen LogP contribution in [0.3, 0.4) is 0 Å². The van der Waals surface area contributed by atoms with Gasteiger partial charge in [0.05, 0.1) is 0 Å². The van der Waals surface area contributed by atoms with Crippen LogP contribution in [-0.4, -0.2) is 33.9 Å². The van der Waals surface area contributed by atoms with E-state index in [9.17, 15) is 4.79 Å². The van der Waals surface area contributed by atoms with Crippen LogP contribution in [-0.2, 0) is 5.41 Å². The highest BCUT2D eigenvalue weighted by Gasteiger charge is 2.17. The van der Waals surface area contributed by atoms with Gasteiger partial charge in [-0.2, -0.15) is 0 Å². The van der Waals surface area contributed by atoms with Gasteiger partial charge in [0.1, 0.15) is 5.69 Å². The molecular formula is C21H30N4O. The van der Waals surface area contributed by atoms with E-state index >= 15 is 0 Å². The van der Waals surface area contributed by atoms with Gasteiger partial charge in [0.2, 0.25) is 5.95 Å². The van der Waals surface area contributed by atoms with Gasteiger partial charge in [-0.1, -0.05) is 46.8 Å². The van der Waals surface area contributed by atoms with Gasteiger partial charge in [0.25, 0.3) is 5.91 Å². The van der Waals surface area contributed by atoms with Crippen LogP contribution in [0.15, 0.2) is 36.5 Å². The second-order valence-electron chi connectivity index (χ2n) is 7.51. The number of aromatic nitrogens is 2. The Kier molecular flexibility index (Phi) is 6.72. The van der Waals surface area contributed by atoms with Crippen molar-refractivity contribution in [1.82, 2.24) is 14.9 Å². The summed E-state index contributed by atoms with van der Waals surface area (Å²) < 4.78 is 0. The van der Waals surface area contributed by atoms with Gasteiger partial charge < -0.3 is 10.2 Å². The summed E-state index contributed by atoms with van der Waals surface area (Å²) >= 11 is 0. The molecule has 0 unspecified atom stereocenters. The minimum absolute atomic E-state index is 0.0396. The molecule has 5 heteroatoms. The number of amides is 1. The summed E-state index contributed by atoms with van der Waals surface area (Å²) in [6, 6.07) is 9.90. The highest BCUT2D eigenvalue weighted by molar-refractivity contribution is 5.92. The topological polar surface area (TPSA) is 58.1 Å². The number of hydrogen-bond acceptors (Lipinski definition) is 4. The van der Waals surface area contributed by atoms with E-state index in [4.69, 9.17) is 0 Å². The van der Waals surface area contributed by atoms with Crippen LogP contribution in [0.25, 0.3) is 0 Å². The Morgan fingerprint density at radius 1 is 1.04 bits per heavy atom. The first kappa shape index (κ1) is 19.9. The number of benzene rings is 1. The average molecular weight is 354 g/mol. The van der Waals surface area contributed by atoms with Gasteiger partial charge in [-0.25, -0.2) is 9.97 Å². The number of carbonyl (C=O) groups is 1. The third-order valence-corrected chi connectivity index (χ3v) is 4.16. The van der Waals surface area contributed by atoms with Gasteiger partial charge in [-0.3, -0.25) is 4.79 Å². The van der Waals surface area contributed by atoms with Crippen molar-refractivity contribution < 1.29 is 4.79 Å². The third kappa shape index (κ3) is 5.28. The fourth-order valence-corrected chi connectivity index (χ4v) is 2.74. The molecule has 0 radical (unpaired) electrons. The van der Waals surface area contributed by atoms with E-state index in [2.05, 4.69) is 62.0 Å². The van der Waals surface area contributed by atoms with Crippen molar-refractivity contribution in [2.24, 2.45) is 0 Å². The first-order valence-electron chi connectivity index (χ1n) is 9.35. The largest absolute Gasteiger partial charge is 0.337 e. The molecule has 0 aliphatic rings. The van der Waals surface area contributed by atoms with Crippen LogP contribution >= 0.6 is 0 Å². The fraction of sp³-hybridized carbons (Fsp3) is 0.476. The minimum Gasteiger partial charge on any atom is -0.337 e. The van der Waals surface area contributed by atoms with Gasteiger partial charge in [0, 0.05) is 25.0 Å². The first-order valence-corrected chi connectivity index (χ1v) is 9.35. The van der Waals surface area contributed by atoms with Crippen LogP contribution in [0.4, 0.5) is 11.6 Å². The molecule has 1 aromatic heterocycles. The lowest BCUT2D eigenvalue weighted by atomic mass is 9.87. The molecule has 140 valence electrons. The molecule has 0 saturated heterocycles. The molecule has 0 spiro atoms.